The molecule has 114 valence electrons. The van der Waals surface area contributed by atoms with Gasteiger partial charge in [0.1, 0.15) is 12.7 Å². The molecular weight excluding hydrogens is 278 g/mol. The number of nitrogens with one attached hydrogen (secondary N) is 2. The van der Waals surface area contributed by atoms with Crippen LogP contribution in [0.25, 0.3) is 5.95 Å². The van der Waals surface area contributed by atoms with Crippen molar-refractivity contribution >= 4 is 11.9 Å². The minimum absolute atomic E-state index is 0.221. The highest BCUT2D eigenvalue weighted by molar-refractivity contribution is 5.36. The lowest BCUT2D eigenvalue weighted by atomic mass is 10.6. The smallest absolute Gasteiger partial charge is 0.258 e. The monoisotopic (exact) mass is 295 g/mol. The zero-order valence-corrected chi connectivity index (χ0v) is 11.6. The van der Waals surface area contributed by atoms with Gasteiger partial charge in [0.2, 0.25) is 11.9 Å². The molecule has 2 aromatic rings. The van der Waals surface area contributed by atoms with Gasteiger partial charge in [0.15, 0.2) is 0 Å². The van der Waals surface area contributed by atoms with Gasteiger partial charge in [0, 0.05) is 13.7 Å². The Morgan fingerprint density at radius 2 is 2.05 bits per heavy atom. The predicted molar refractivity (Wildman–Crippen MR) is 73.7 cm³/mol. The van der Waals surface area contributed by atoms with E-state index in [1.807, 2.05) is 0 Å². The minimum Gasteiger partial charge on any atom is -0.382 e. The van der Waals surface area contributed by atoms with Gasteiger partial charge in [-0.2, -0.15) is 24.7 Å². The molecule has 0 amide bonds. The molecule has 0 aliphatic carbocycles. The standard InChI is InChI=1S/C10H17N9O2/c1-20-4-5-21-3-2-13-8-15-9(18-11)17-10(16-8)19-7-12-6-14-19/h6-7H,2-5,11H2,1H3,(H2,13,15,16,17,18). The molecule has 0 spiro atoms. The van der Waals surface area contributed by atoms with Gasteiger partial charge in [-0.15, -0.1) is 0 Å². The van der Waals surface area contributed by atoms with Gasteiger partial charge in [-0.3, -0.25) is 5.43 Å². The lowest BCUT2D eigenvalue weighted by Gasteiger charge is -2.08. The summed E-state index contributed by atoms with van der Waals surface area (Å²) in [7, 11) is 1.62. The Kier molecular flexibility index (Phi) is 5.75. The number of nitrogens with zero attached hydrogens (tertiary/aromatic N) is 6. The van der Waals surface area contributed by atoms with E-state index in [1.54, 1.807) is 7.11 Å². The predicted octanol–water partition coefficient (Wildman–Crippen LogP) is -1.19. The molecule has 11 nitrogen and oxygen atoms in total. The fraction of sp³-hybridized carbons (Fsp3) is 0.500. The zero-order chi connectivity index (χ0) is 14.9. The summed E-state index contributed by atoms with van der Waals surface area (Å²) in [6, 6.07) is 0. The van der Waals surface area contributed by atoms with Crippen LogP contribution in [-0.2, 0) is 9.47 Å². The van der Waals surface area contributed by atoms with Gasteiger partial charge < -0.3 is 14.8 Å². The van der Waals surface area contributed by atoms with E-state index in [0.29, 0.717) is 38.3 Å². The number of methoxy groups -OCH3 is 1. The van der Waals surface area contributed by atoms with Gasteiger partial charge in [0.25, 0.3) is 5.95 Å². The third kappa shape index (κ3) is 4.59. The van der Waals surface area contributed by atoms with Crippen molar-refractivity contribution in [2.24, 2.45) is 5.84 Å². The topological polar surface area (TPSA) is 138 Å². The second kappa shape index (κ2) is 8.04. The number of aromatic nitrogens is 6. The second-order valence-corrected chi connectivity index (χ2v) is 3.80. The molecule has 0 atom stereocenters. The summed E-state index contributed by atoms with van der Waals surface area (Å²) in [4.78, 5) is 16.2. The molecule has 0 aromatic carbocycles. The minimum atomic E-state index is 0.221. The van der Waals surface area contributed by atoms with Crippen molar-refractivity contribution in [3.63, 3.8) is 0 Å². The van der Waals surface area contributed by atoms with Crippen LogP contribution < -0.4 is 16.6 Å². The maximum atomic E-state index is 5.34. The Morgan fingerprint density at radius 3 is 2.76 bits per heavy atom. The lowest BCUT2D eigenvalue weighted by Crippen LogP contribution is -2.18. The van der Waals surface area contributed by atoms with Crippen LogP contribution in [-0.4, -0.2) is 63.2 Å². The van der Waals surface area contributed by atoms with Crippen molar-refractivity contribution in [1.29, 1.82) is 0 Å². The summed E-state index contributed by atoms with van der Waals surface area (Å²) in [5.41, 5.74) is 2.38. The normalized spacial score (nSPS) is 10.6. The van der Waals surface area contributed by atoms with Crippen molar-refractivity contribution < 1.29 is 9.47 Å². The van der Waals surface area contributed by atoms with Gasteiger partial charge in [-0.1, -0.05) is 0 Å². The molecule has 0 bridgehead atoms. The molecule has 2 rings (SSSR count). The Bertz CT molecular complexity index is 533. The molecule has 2 aromatic heterocycles. The molecule has 11 heteroatoms. The summed E-state index contributed by atoms with van der Waals surface area (Å²) in [5, 5.41) is 6.96. The van der Waals surface area contributed by atoms with Crippen LogP contribution in [0.1, 0.15) is 0 Å². The van der Waals surface area contributed by atoms with Crippen molar-refractivity contribution in [3.8, 4) is 5.95 Å². The summed E-state index contributed by atoms with van der Waals surface area (Å²) in [6.45, 7) is 2.13. The van der Waals surface area contributed by atoms with Gasteiger partial charge in [-0.05, 0) is 0 Å². The van der Waals surface area contributed by atoms with E-state index >= 15 is 0 Å². The van der Waals surface area contributed by atoms with Crippen LogP contribution in [0.2, 0.25) is 0 Å². The highest BCUT2D eigenvalue weighted by Gasteiger charge is 2.07. The first-order chi connectivity index (χ1) is 10.3. The lowest BCUT2D eigenvalue weighted by molar-refractivity contribution is 0.0759. The van der Waals surface area contributed by atoms with Gasteiger partial charge in [0.05, 0.1) is 19.8 Å². The molecule has 0 saturated carbocycles. The first-order valence-corrected chi connectivity index (χ1v) is 6.21. The van der Waals surface area contributed by atoms with E-state index in [0.717, 1.165) is 0 Å². The van der Waals surface area contributed by atoms with Crippen LogP contribution in [0.5, 0.6) is 0 Å². The quantitative estimate of drug-likeness (QED) is 0.294. The Hall–Kier alpha value is -2.37. The molecule has 0 aliphatic rings. The van der Waals surface area contributed by atoms with Crippen LogP contribution in [0.3, 0.4) is 0 Å². The maximum Gasteiger partial charge on any atom is 0.258 e. The number of anilines is 2. The van der Waals surface area contributed by atoms with Crippen molar-refractivity contribution in [2.45, 2.75) is 0 Å². The van der Waals surface area contributed by atoms with Crippen molar-refractivity contribution in [3.05, 3.63) is 12.7 Å². The second-order valence-electron chi connectivity index (χ2n) is 3.80. The Labute approximate surface area is 120 Å². The van der Waals surface area contributed by atoms with Crippen LogP contribution in [0, 0.1) is 0 Å². The average Bonchev–Trinajstić information content (AvgIpc) is 3.05. The van der Waals surface area contributed by atoms with Gasteiger partial charge in [-0.25, -0.2) is 10.8 Å². The number of hydrogen-bond acceptors (Lipinski definition) is 10. The number of hydrazine groups is 1. The van der Waals surface area contributed by atoms with Crippen molar-refractivity contribution in [2.75, 3.05) is 44.2 Å². The van der Waals surface area contributed by atoms with Crippen LogP contribution in [0.15, 0.2) is 12.7 Å². The molecule has 21 heavy (non-hydrogen) atoms. The molecule has 0 unspecified atom stereocenters. The largest absolute Gasteiger partial charge is 0.382 e. The molecule has 0 fully saturated rings. The summed E-state index contributed by atoms with van der Waals surface area (Å²) in [6.07, 6.45) is 2.86. The molecule has 0 aliphatic heterocycles. The van der Waals surface area contributed by atoms with E-state index in [2.05, 4.69) is 35.8 Å². The molecule has 0 saturated heterocycles. The third-order valence-corrected chi connectivity index (χ3v) is 2.34. The van der Waals surface area contributed by atoms with E-state index in [9.17, 15) is 0 Å². The summed E-state index contributed by atoms with van der Waals surface area (Å²) in [5.74, 6) is 6.22. The highest BCUT2D eigenvalue weighted by Crippen LogP contribution is 2.06. The number of rotatable bonds is 9. The van der Waals surface area contributed by atoms with E-state index in [4.69, 9.17) is 15.3 Å². The average molecular weight is 295 g/mol. The van der Waals surface area contributed by atoms with Gasteiger partial charge >= 0.3 is 0 Å². The number of ether oxygens (including phenoxy) is 2. The highest BCUT2D eigenvalue weighted by atomic mass is 16.5. The van der Waals surface area contributed by atoms with Crippen LogP contribution in [0.4, 0.5) is 11.9 Å². The van der Waals surface area contributed by atoms with Crippen LogP contribution >= 0.6 is 0 Å². The first kappa shape index (κ1) is 15.0. The SMILES string of the molecule is COCCOCCNc1nc(NN)nc(-n2cncn2)n1. The third-order valence-electron chi connectivity index (χ3n) is 2.34. The summed E-state index contributed by atoms with van der Waals surface area (Å²) < 4.78 is 11.6. The van der Waals surface area contributed by atoms with E-state index in [1.165, 1.54) is 17.3 Å². The molecule has 2 heterocycles. The molecular formula is C10H17N9O2. The maximum absolute atomic E-state index is 5.34. The fourth-order valence-corrected chi connectivity index (χ4v) is 1.40. The first-order valence-electron chi connectivity index (χ1n) is 6.21. The zero-order valence-electron chi connectivity index (χ0n) is 11.6. The number of nitrogens with two attached hydrogens (primary N) is 1. The van der Waals surface area contributed by atoms with Crippen molar-refractivity contribution in [1.82, 2.24) is 29.7 Å². The number of hydrogen-bond donors (Lipinski definition) is 3. The Balaban J connectivity index is 1.94. The molecule has 0 radical (unpaired) electrons. The van der Waals surface area contributed by atoms with E-state index in [-0.39, 0.29) is 5.95 Å². The Morgan fingerprint density at radius 1 is 1.19 bits per heavy atom. The fourth-order valence-electron chi connectivity index (χ4n) is 1.40. The number of nitrogen functional groups attached to an aromatic ring is 1. The van der Waals surface area contributed by atoms with E-state index < -0.39 is 0 Å². The molecule has 4 N–H and O–H groups in total. The summed E-state index contributed by atoms with van der Waals surface area (Å²) >= 11 is 0.